The van der Waals surface area contributed by atoms with Crippen molar-refractivity contribution >= 4 is 17.4 Å². The van der Waals surface area contributed by atoms with Gasteiger partial charge >= 0.3 is 5.97 Å². The molecule has 2 aromatic heterocycles. The van der Waals surface area contributed by atoms with E-state index in [2.05, 4.69) is 10.1 Å². The Hall–Kier alpha value is -2.87. The summed E-state index contributed by atoms with van der Waals surface area (Å²) in [5.74, 6) is 4.91. The monoisotopic (exact) mass is 302 g/mol. The fraction of sp³-hybridized carbons (Fsp3) is 0.214. The molecule has 0 unspecified atom stereocenters. The van der Waals surface area contributed by atoms with E-state index in [0.29, 0.717) is 17.1 Å². The van der Waals surface area contributed by atoms with E-state index >= 15 is 0 Å². The van der Waals surface area contributed by atoms with Crippen molar-refractivity contribution in [3.05, 3.63) is 47.2 Å². The van der Waals surface area contributed by atoms with Gasteiger partial charge in [-0.2, -0.15) is 5.10 Å². The zero-order valence-corrected chi connectivity index (χ0v) is 12.6. The largest absolute Gasteiger partial charge is 0.478 e. The highest BCUT2D eigenvalue weighted by molar-refractivity contribution is 5.88. The van der Waals surface area contributed by atoms with Gasteiger partial charge in [-0.1, -0.05) is 0 Å². The second-order valence-corrected chi connectivity index (χ2v) is 4.89. The van der Waals surface area contributed by atoms with Gasteiger partial charge in [0.05, 0.1) is 28.8 Å². The molecule has 116 valence electrons. The average molecular weight is 302 g/mol. The van der Waals surface area contributed by atoms with E-state index in [1.807, 2.05) is 14.0 Å². The number of pyridine rings is 1. The molecule has 0 saturated carbocycles. The summed E-state index contributed by atoms with van der Waals surface area (Å²) in [4.78, 5) is 15.1. The number of aromatic carboxylic acids is 1. The van der Waals surface area contributed by atoms with E-state index in [1.165, 1.54) is 23.5 Å². The van der Waals surface area contributed by atoms with Crippen LogP contribution in [-0.4, -0.2) is 25.8 Å². The molecule has 0 aliphatic carbocycles. The normalized spacial score (nSPS) is 11.5. The first kappa shape index (κ1) is 15.5. The quantitative estimate of drug-likeness (QED) is 0.563. The third-order valence-corrected chi connectivity index (χ3v) is 3.41. The number of nitrogens with two attached hydrogens (primary N) is 2. The molecule has 8 nitrogen and oxygen atoms in total. The Morgan fingerprint density at radius 1 is 1.41 bits per heavy atom. The molecule has 0 amide bonds. The lowest BCUT2D eigenvalue weighted by molar-refractivity contribution is 0.0696. The zero-order chi connectivity index (χ0) is 16.4. The number of hydrogen-bond donors (Lipinski definition) is 3. The van der Waals surface area contributed by atoms with Crippen molar-refractivity contribution in [3.63, 3.8) is 0 Å². The van der Waals surface area contributed by atoms with E-state index in [-0.39, 0.29) is 5.56 Å². The SMILES string of the molecule is Cc1ncc(C(=O)O)cc1N(N)/C=C(\N)c1cnn(C)c1C. The van der Waals surface area contributed by atoms with Gasteiger partial charge in [-0.3, -0.25) is 14.7 Å². The highest BCUT2D eigenvalue weighted by Crippen LogP contribution is 2.20. The van der Waals surface area contributed by atoms with E-state index in [0.717, 1.165) is 11.3 Å². The van der Waals surface area contributed by atoms with Gasteiger partial charge in [0.1, 0.15) is 0 Å². The Balaban J connectivity index is 2.37. The average Bonchev–Trinajstić information content (AvgIpc) is 2.79. The molecule has 0 radical (unpaired) electrons. The fourth-order valence-electron chi connectivity index (χ4n) is 1.97. The topological polar surface area (TPSA) is 123 Å². The first-order chi connectivity index (χ1) is 10.3. The van der Waals surface area contributed by atoms with E-state index in [1.54, 1.807) is 17.8 Å². The molecule has 22 heavy (non-hydrogen) atoms. The minimum atomic E-state index is -1.07. The highest BCUT2D eigenvalue weighted by Gasteiger charge is 2.12. The summed E-state index contributed by atoms with van der Waals surface area (Å²) in [6, 6.07) is 1.45. The molecule has 0 saturated heterocycles. The predicted molar refractivity (Wildman–Crippen MR) is 82.7 cm³/mol. The number of hydrogen-bond acceptors (Lipinski definition) is 6. The standard InChI is InChI=1S/C14H18N6O2/c1-8-13(4-10(5-17-8)14(21)22)20(16)7-12(15)11-6-18-19(3)9(11)2/h4-7H,15-16H2,1-3H3,(H,21,22)/b12-7-. The molecule has 0 aliphatic rings. The summed E-state index contributed by atoms with van der Waals surface area (Å²) in [6.45, 7) is 3.63. The predicted octanol–water partition coefficient (Wildman–Crippen LogP) is 0.768. The number of carboxylic acid groups (broad SMARTS) is 1. The van der Waals surface area contributed by atoms with Crippen molar-refractivity contribution in [2.75, 3.05) is 5.01 Å². The molecule has 2 aromatic rings. The molecule has 0 fully saturated rings. The first-order valence-corrected chi connectivity index (χ1v) is 6.51. The third kappa shape index (κ3) is 2.91. The van der Waals surface area contributed by atoms with Crippen LogP contribution >= 0.6 is 0 Å². The van der Waals surface area contributed by atoms with E-state index < -0.39 is 5.97 Å². The lowest BCUT2D eigenvalue weighted by Gasteiger charge is -2.17. The van der Waals surface area contributed by atoms with Crippen molar-refractivity contribution in [2.24, 2.45) is 18.6 Å². The minimum Gasteiger partial charge on any atom is -0.478 e. The van der Waals surface area contributed by atoms with Crippen LogP contribution in [0.25, 0.3) is 5.70 Å². The van der Waals surface area contributed by atoms with Crippen molar-refractivity contribution in [1.82, 2.24) is 14.8 Å². The number of anilines is 1. The van der Waals surface area contributed by atoms with Crippen LogP contribution in [0.1, 0.15) is 27.3 Å². The molecule has 0 spiro atoms. The molecule has 8 heteroatoms. The maximum atomic E-state index is 11.0. The van der Waals surface area contributed by atoms with Crippen LogP contribution in [0.15, 0.2) is 24.7 Å². The van der Waals surface area contributed by atoms with Gasteiger partial charge in [0.25, 0.3) is 0 Å². The maximum Gasteiger partial charge on any atom is 0.337 e. The van der Waals surface area contributed by atoms with Gasteiger partial charge in [0.2, 0.25) is 0 Å². The van der Waals surface area contributed by atoms with Gasteiger partial charge in [0, 0.05) is 30.7 Å². The molecule has 2 heterocycles. The molecule has 2 rings (SSSR count). The van der Waals surface area contributed by atoms with Crippen molar-refractivity contribution in [2.45, 2.75) is 13.8 Å². The van der Waals surface area contributed by atoms with E-state index in [4.69, 9.17) is 16.7 Å². The van der Waals surface area contributed by atoms with E-state index in [9.17, 15) is 4.79 Å². The summed E-state index contributed by atoms with van der Waals surface area (Å²) in [6.07, 6.45) is 4.45. The number of rotatable bonds is 4. The van der Waals surface area contributed by atoms with Crippen molar-refractivity contribution < 1.29 is 9.90 Å². The second-order valence-electron chi connectivity index (χ2n) is 4.89. The van der Waals surface area contributed by atoms with Crippen molar-refractivity contribution in [3.8, 4) is 0 Å². The van der Waals surface area contributed by atoms with Gasteiger partial charge in [-0.15, -0.1) is 0 Å². The summed E-state index contributed by atoms with van der Waals surface area (Å²) in [5.41, 5.74) is 9.25. The van der Waals surface area contributed by atoms with Crippen LogP contribution in [0, 0.1) is 13.8 Å². The Morgan fingerprint density at radius 3 is 2.64 bits per heavy atom. The van der Waals surface area contributed by atoms with Crippen LogP contribution in [0.4, 0.5) is 5.69 Å². The number of carbonyl (C=O) groups is 1. The summed E-state index contributed by atoms with van der Waals surface area (Å²) >= 11 is 0. The Morgan fingerprint density at radius 2 is 2.09 bits per heavy atom. The Labute approximate surface area is 127 Å². The first-order valence-electron chi connectivity index (χ1n) is 6.51. The minimum absolute atomic E-state index is 0.0561. The van der Waals surface area contributed by atoms with Crippen LogP contribution < -0.4 is 16.6 Å². The zero-order valence-electron chi connectivity index (χ0n) is 12.6. The van der Waals surface area contributed by atoms with Crippen LogP contribution in [0.3, 0.4) is 0 Å². The molecule has 0 aliphatic heterocycles. The van der Waals surface area contributed by atoms with Gasteiger partial charge < -0.3 is 10.8 Å². The summed E-state index contributed by atoms with van der Waals surface area (Å²) in [5, 5.41) is 14.4. The Kier molecular flexibility index (Phi) is 4.13. The summed E-state index contributed by atoms with van der Waals surface area (Å²) in [7, 11) is 1.82. The number of nitrogens with zero attached hydrogens (tertiary/aromatic N) is 4. The molecular formula is C14H18N6O2. The number of carboxylic acids is 1. The van der Waals surface area contributed by atoms with Gasteiger partial charge in [-0.25, -0.2) is 10.6 Å². The molecular weight excluding hydrogens is 284 g/mol. The van der Waals surface area contributed by atoms with Crippen molar-refractivity contribution in [1.29, 1.82) is 0 Å². The maximum absolute atomic E-state index is 11.0. The molecule has 0 bridgehead atoms. The number of hydrazine groups is 1. The molecule has 0 atom stereocenters. The molecule has 0 aromatic carbocycles. The lowest BCUT2D eigenvalue weighted by atomic mass is 10.2. The number of aryl methyl sites for hydroxylation is 2. The Bertz CT molecular complexity index is 750. The number of aromatic nitrogens is 3. The summed E-state index contributed by atoms with van der Waals surface area (Å²) < 4.78 is 1.70. The van der Waals surface area contributed by atoms with Crippen LogP contribution in [0.5, 0.6) is 0 Å². The van der Waals surface area contributed by atoms with Gasteiger partial charge in [0.15, 0.2) is 0 Å². The van der Waals surface area contributed by atoms with Gasteiger partial charge in [-0.05, 0) is 19.9 Å². The second kappa shape index (κ2) is 5.86. The molecule has 5 N–H and O–H groups in total. The fourth-order valence-corrected chi connectivity index (χ4v) is 1.97. The van der Waals surface area contributed by atoms with Crippen LogP contribution in [-0.2, 0) is 7.05 Å². The van der Waals surface area contributed by atoms with Crippen LogP contribution in [0.2, 0.25) is 0 Å². The highest BCUT2D eigenvalue weighted by atomic mass is 16.4. The smallest absolute Gasteiger partial charge is 0.337 e. The lowest BCUT2D eigenvalue weighted by Crippen LogP contribution is -2.27. The third-order valence-electron chi connectivity index (χ3n) is 3.41.